The summed E-state index contributed by atoms with van der Waals surface area (Å²) in [6.07, 6.45) is 6.71. The van der Waals surface area contributed by atoms with Crippen LogP contribution in [-0.4, -0.2) is 28.9 Å². The summed E-state index contributed by atoms with van der Waals surface area (Å²) in [7, 11) is 0. The quantitative estimate of drug-likeness (QED) is 0.319. The Morgan fingerprint density at radius 2 is 1.69 bits per heavy atom. The number of nitrogens with one attached hydrogen (secondary N) is 2. The van der Waals surface area contributed by atoms with E-state index in [4.69, 9.17) is 23.2 Å². The van der Waals surface area contributed by atoms with Gasteiger partial charge < -0.3 is 10.2 Å². The number of halogens is 2. The molecule has 0 radical (unpaired) electrons. The van der Waals surface area contributed by atoms with Crippen molar-refractivity contribution in [2.75, 3.05) is 6.54 Å². The third kappa shape index (κ3) is 6.16. The van der Waals surface area contributed by atoms with Gasteiger partial charge in [0.1, 0.15) is 6.04 Å². The van der Waals surface area contributed by atoms with Crippen LogP contribution in [0.4, 0.5) is 0 Å². The second kappa shape index (κ2) is 12.2. The Morgan fingerprint density at radius 3 is 2.23 bits per heavy atom. The molecule has 2 amide bonds. The van der Waals surface area contributed by atoms with Crippen molar-refractivity contribution in [3.05, 3.63) is 69.2 Å². The van der Waals surface area contributed by atoms with E-state index in [0.717, 1.165) is 56.1 Å². The predicted molar refractivity (Wildman–Crippen MR) is 160 cm³/mol. The summed E-state index contributed by atoms with van der Waals surface area (Å²) in [4.78, 5) is 28.9. The first-order chi connectivity index (χ1) is 18.5. The van der Waals surface area contributed by atoms with Crippen LogP contribution in [0.15, 0.2) is 42.5 Å². The number of hydrogen-bond donors (Lipinski definition) is 2. The minimum atomic E-state index is -0.509. The second-order valence-corrected chi connectivity index (χ2v) is 12.8. The molecule has 39 heavy (non-hydrogen) atoms. The van der Waals surface area contributed by atoms with Gasteiger partial charge in [0.2, 0.25) is 5.91 Å². The molecule has 2 aliphatic rings. The largest absolute Gasteiger partial charge is 0.352 e. The molecule has 2 fully saturated rings. The zero-order valence-electron chi connectivity index (χ0n) is 23.9. The molecule has 4 rings (SSSR count). The van der Waals surface area contributed by atoms with E-state index < -0.39 is 11.7 Å². The molecule has 2 aromatic carbocycles. The molecule has 1 spiro atoms. The number of carbonyl (C=O) groups excluding carboxylic acids is 2. The minimum absolute atomic E-state index is 0.0538. The molecule has 212 valence electrons. The van der Waals surface area contributed by atoms with Gasteiger partial charge in [0.25, 0.3) is 5.91 Å². The Balaban J connectivity index is 1.69. The van der Waals surface area contributed by atoms with Gasteiger partial charge in [-0.3, -0.25) is 14.9 Å². The lowest BCUT2D eigenvalue weighted by Crippen LogP contribution is -2.56. The van der Waals surface area contributed by atoms with E-state index in [9.17, 15) is 9.59 Å². The first-order valence-corrected chi connectivity index (χ1v) is 15.3. The van der Waals surface area contributed by atoms with Gasteiger partial charge in [-0.15, -0.1) is 0 Å². The van der Waals surface area contributed by atoms with Crippen LogP contribution in [0.3, 0.4) is 0 Å². The fourth-order valence-corrected chi connectivity index (χ4v) is 7.03. The third-order valence-electron chi connectivity index (χ3n) is 9.20. The van der Waals surface area contributed by atoms with Gasteiger partial charge in [-0.2, -0.15) is 0 Å². The SMILES string of the molecule is CCCNC(=O)c1ccc([C@@H](CC)N2C(=O)C(c3cc(Cl)cc(Cl)c3)NC23CCC(C(C)(C)CC)CC3)cc1. The highest BCUT2D eigenvalue weighted by atomic mass is 35.5. The minimum Gasteiger partial charge on any atom is -0.352 e. The summed E-state index contributed by atoms with van der Waals surface area (Å²) in [6.45, 7) is 11.8. The maximum Gasteiger partial charge on any atom is 0.251 e. The number of carbonyl (C=O) groups is 2. The van der Waals surface area contributed by atoms with Crippen LogP contribution in [0.5, 0.6) is 0 Å². The highest BCUT2D eigenvalue weighted by molar-refractivity contribution is 6.34. The summed E-state index contributed by atoms with van der Waals surface area (Å²) in [5, 5.41) is 7.79. The Hall–Kier alpha value is -2.08. The molecule has 0 aromatic heterocycles. The lowest BCUT2D eigenvalue weighted by molar-refractivity contribution is -0.137. The number of benzene rings is 2. The van der Waals surface area contributed by atoms with Crippen LogP contribution in [0, 0.1) is 11.3 Å². The van der Waals surface area contributed by atoms with Crippen LogP contribution in [0.2, 0.25) is 10.0 Å². The van der Waals surface area contributed by atoms with E-state index in [1.54, 1.807) is 6.07 Å². The fourth-order valence-electron chi connectivity index (χ4n) is 6.48. The molecular weight excluding hydrogens is 529 g/mol. The zero-order chi connectivity index (χ0) is 28.4. The van der Waals surface area contributed by atoms with Crippen LogP contribution < -0.4 is 10.6 Å². The van der Waals surface area contributed by atoms with Crippen LogP contribution in [0.1, 0.15) is 113 Å². The maximum atomic E-state index is 14.3. The van der Waals surface area contributed by atoms with Crippen molar-refractivity contribution in [2.24, 2.45) is 11.3 Å². The molecule has 1 unspecified atom stereocenters. The molecule has 1 heterocycles. The predicted octanol–water partition coefficient (Wildman–Crippen LogP) is 8.08. The first kappa shape index (κ1) is 29.9. The van der Waals surface area contributed by atoms with Crippen molar-refractivity contribution in [2.45, 2.75) is 97.3 Å². The standard InChI is InChI=1S/C32H43Cl2N3O2/c1-6-17-35-29(38)22-11-9-21(10-12-22)27(7-2)37-30(39)28(23-18-25(33)20-26(34)19-23)36-32(37)15-13-24(14-16-32)31(4,5)8-3/h9-12,18-20,24,27-28,36H,6-8,13-17H2,1-5H3,(H,35,38)/t24?,27-,28?,32?/m1/s1. The summed E-state index contributed by atoms with van der Waals surface area (Å²) >= 11 is 12.7. The fraction of sp³-hybridized carbons (Fsp3) is 0.562. The summed E-state index contributed by atoms with van der Waals surface area (Å²) in [5.41, 5.74) is 2.30. The van der Waals surface area contributed by atoms with Gasteiger partial charge in [0.05, 0.1) is 11.7 Å². The molecule has 5 nitrogen and oxygen atoms in total. The lowest BCUT2D eigenvalue weighted by Gasteiger charge is -2.49. The van der Waals surface area contributed by atoms with Crippen molar-refractivity contribution in [1.82, 2.24) is 15.5 Å². The summed E-state index contributed by atoms with van der Waals surface area (Å²) in [5.74, 6) is 0.604. The first-order valence-electron chi connectivity index (χ1n) is 14.5. The van der Waals surface area contributed by atoms with E-state index in [1.165, 1.54) is 0 Å². The van der Waals surface area contributed by atoms with Gasteiger partial charge in [-0.1, -0.05) is 76.4 Å². The molecular formula is C32H43Cl2N3O2. The third-order valence-corrected chi connectivity index (χ3v) is 9.63. The van der Waals surface area contributed by atoms with E-state index in [2.05, 4.69) is 43.2 Å². The normalized spacial score (nSPS) is 24.3. The van der Waals surface area contributed by atoms with Crippen molar-refractivity contribution in [1.29, 1.82) is 0 Å². The smallest absolute Gasteiger partial charge is 0.251 e. The molecule has 1 aliphatic heterocycles. The van der Waals surface area contributed by atoms with Crippen LogP contribution in [0.25, 0.3) is 0 Å². The zero-order valence-corrected chi connectivity index (χ0v) is 25.5. The van der Waals surface area contributed by atoms with Crippen molar-refractivity contribution < 1.29 is 9.59 Å². The maximum absolute atomic E-state index is 14.3. The van der Waals surface area contributed by atoms with Gasteiger partial charge >= 0.3 is 0 Å². The van der Waals surface area contributed by atoms with E-state index >= 15 is 0 Å². The number of rotatable bonds is 9. The van der Waals surface area contributed by atoms with Gasteiger partial charge in [0, 0.05) is 22.2 Å². The Bertz CT molecular complexity index is 1150. The average molecular weight is 573 g/mol. The second-order valence-electron chi connectivity index (χ2n) is 11.9. The molecule has 2 aromatic rings. The van der Waals surface area contributed by atoms with E-state index in [-0.39, 0.29) is 23.3 Å². The van der Waals surface area contributed by atoms with Gasteiger partial charge in [0.15, 0.2) is 0 Å². The summed E-state index contributed by atoms with van der Waals surface area (Å²) < 4.78 is 0. The van der Waals surface area contributed by atoms with Crippen LogP contribution in [-0.2, 0) is 4.79 Å². The molecule has 1 saturated carbocycles. The van der Waals surface area contributed by atoms with E-state index in [0.29, 0.717) is 28.1 Å². The van der Waals surface area contributed by atoms with Crippen molar-refractivity contribution in [3.8, 4) is 0 Å². The highest BCUT2D eigenvalue weighted by Crippen LogP contribution is 2.50. The molecule has 7 heteroatoms. The van der Waals surface area contributed by atoms with Gasteiger partial charge in [-0.05, 0) is 91.3 Å². The highest BCUT2D eigenvalue weighted by Gasteiger charge is 2.55. The van der Waals surface area contributed by atoms with Crippen molar-refractivity contribution >= 4 is 35.0 Å². The van der Waals surface area contributed by atoms with Gasteiger partial charge in [-0.25, -0.2) is 0 Å². The topological polar surface area (TPSA) is 61.4 Å². The number of amides is 2. The number of nitrogens with zero attached hydrogens (tertiary/aromatic N) is 1. The Morgan fingerprint density at radius 1 is 1.08 bits per heavy atom. The lowest BCUT2D eigenvalue weighted by atomic mass is 9.67. The Kier molecular flexibility index (Phi) is 9.35. The summed E-state index contributed by atoms with van der Waals surface area (Å²) in [6, 6.07) is 12.5. The molecule has 0 bridgehead atoms. The van der Waals surface area contributed by atoms with Crippen LogP contribution >= 0.6 is 23.2 Å². The molecule has 1 aliphatic carbocycles. The van der Waals surface area contributed by atoms with E-state index in [1.807, 2.05) is 43.3 Å². The molecule has 2 N–H and O–H groups in total. The average Bonchev–Trinajstić information content (AvgIpc) is 3.19. The number of hydrogen-bond acceptors (Lipinski definition) is 3. The Labute approximate surface area is 244 Å². The molecule has 2 atom stereocenters. The van der Waals surface area contributed by atoms with Crippen molar-refractivity contribution in [3.63, 3.8) is 0 Å². The molecule has 1 saturated heterocycles. The monoisotopic (exact) mass is 571 g/mol.